The molecule has 0 aliphatic heterocycles. The van der Waals surface area contributed by atoms with Gasteiger partial charge in [-0.05, 0) is 56.5 Å². The molecule has 0 saturated heterocycles. The fourth-order valence-electron chi connectivity index (χ4n) is 2.97. The Morgan fingerprint density at radius 2 is 1.88 bits per heavy atom. The molecule has 4 rings (SSSR count). The van der Waals surface area contributed by atoms with Crippen LogP contribution in [0.2, 0.25) is 0 Å². The number of benzene rings is 1. The maximum Gasteiger partial charge on any atom is 0.254 e. The molecular weight excluding hydrogens is 312 g/mol. The van der Waals surface area contributed by atoms with E-state index in [2.05, 4.69) is 15.0 Å². The first-order valence-corrected chi connectivity index (χ1v) is 8.57. The Morgan fingerprint density at radius 3 is 2.56 bits per heavy atom. The largest absolute Gasteiger partial charge is 0.331 e. The van der Waals surface area contributed by atoms with Crippen LogP contribution in [-0.2, 0) is 6.54 Å². The summed E-state index contributed by atoms with van der Waals surface area (Å²) < 4.78 is 0. The fourth-order valence-corrected chi connectivity index (χ4v) is 2.97. The summed E-state index contributed by atoms with van der Waals surface area (Å²) in [5.41, 5.74) is 5.13. The van der Waals surface area contributed by atoms with Crippen molar-refractivity contribution in [1.29, 1.82) is 0 Å². The average Bonchev–Trinajstić information content (AvgIpc) is 3.45. The molecule has 1 aliphatic rings. The van der Waals surface area contributed by atoms with Gasteiger partial charge in [-0.1, -0.05) is 6.07 Å². The SMILES string of the molecule is Cc1nc2ccc(C(=O)N(Cc3cccnc3)C3CC3)cc2nc1C. The highest BCUT2D eigenvalue weighted by Crippen LogP contribution is 2.30. The Kier molecular flexibility index (Phi) is 3.92. The third-order valence-electron chi connectivity index (χ3n) is 4.65. The van der Waals surface area contributed by atoms with E-state index in [0.29, 0.717) is 18.2 Å². The number of pyridine rings is 1. The van der Waals surface area contributed by atoms with E-state index in [-0.39, 0.29) is 5.91 Å². The first-order valence-electron chi connectivity index (χ1n) is 8.57. The number of nitrogens with zero attached hydrogens (tertiary/aromatic N) is 4. The monoisotopic (exact) mass is 332 g/mol. The molecule has 5 nitrogen and oxygen atoms in total. The molecule has 1 amide bonds. The molecule has 1 aliphatic carbocycles. The zero-order valence-electron chi connectivity index (χ0n) is 14.4. The van der Waals surface area contributed by atoms with Crippen LogP contribution in [-0.4, -0.2) is 31.8 Å². The number of amides is 1. The summed E-state index contributed by atoms with van der Waals surface area (Å²) in [4.78, 5) is 28.3. The predicted molar refractivity (Wildman–Crippen MR) is 96.1 cm³/mol. The standard InChI is InChI=1S/C20H20N4O/c1-13-14(2)23-19-10-16(5-8-18(19)22-13)20(25)24(17-6-7-17)12-15-4-3-9-21-11-15/h3-5,8-11,17H,6-7,12H2,1-2H3. The molecule has 0 unspecified atom stereocenters. The van der Waals surface area contributed by atoms with E-state index in [0.717, 1.165) is 40.8 Å². The normalized spacial score (nSPS) is 13.8. The second-order valence-electron chi connectivity index (χ2n) is 6.62. The van der Waals surface area contributed by atoms with Crippen LogP contribution in [0.1, 0.15) is 40.2 Å². The zero-order chi connectivity index (χ0) is 17.4. The molecule has 0 radical (unpaired) electrons. The Morgan fingerprint density at radius 1 is 1.12 bits per heavy atom. The van der Waals surface area contributed by atoms with Gasteiger partial charge < -0.3 is 4.90 Å². The first kappa shape index (κ1) is 15.7. The predicted octanol–water partition coefficient (Wildman–Crippen LogP) is 3.45. The van der Waals surface area contributed by atoms with Gasteiger partial charge in [-0.3, -0.25) is 9.78 Å². The van der Waals surface area contributed by atoms with Gasteiger partial charge in [0.15, 0.2) is 0 Å². The minimum absolute atomic E-state index is 0.0493. The van der Waals surface area contributed by atoms with Crippen molar-refractivity contribution in [3.05, 3.63) is 65.2 Å². The average molecular weight is 332 g/mol. The van der Waals surface area contributed by atoms with Crippen molar-refractivity contribution in [2.75, 3.05) is 0 Å². The molecule has 1 aromatic carbocycles. The summed E-state index contributed by atoms with van der Waals surface area (Å²) in [6, 6.07) is 9.84. The number of carbonyl (C=O) groups excluding carboxylic acids is 1. The van der Waals surface area contributed by atoms with Crippen LogP contribution in [0.15, 0.2) is 42.7 Å². The van der Waals surface area contributed by atoms with E-state index in [1.165, 1.54) is 0 Å². The quantitative estimate of drug-likeness (QED) is 0.734. The molecule has 0 N–H and O–H groups in total. The zero-order valence-corrected chi connectivity index (χ0v) is 14.4. The van der Waals surface area contributed by atoms with Gasteiger partial charge in [0, 0.05) is 30.5 Å². The molecule has 25 heavy (non-hydrogen) atoms. The highest BCUT2D eigenvalue weighted by molar-refractivity contribution is 5.97. The molecule has 2 heterocycles. The van der Waals surface area contributed by atoms with Crippen LogP contribution in [0.5, 0.6) is 0 Å². The molecule has 3 aromatic rings. The van der Waals surface area contributed by atoms with E-state index in [4.69, 9.17) is 0 Å². The van der Waals surface area contributed by atoms with Gasteiger partial charge in [-0.2, -0.15) is 0 Å². The number of rotatable bonds is 4. The van der Waals surface area contributed by atoms with Crippen molar-refractivity contribution >= 4 is 16.9 Å². The second-order valence-corrected chi connectivity index (χ2v) is 6.62. The Hall–Kier alpha value is -2.82. The highest BCUT2D eigenvalue weighted by Gasteiger charge is 2.33. The Labute approximate surface area is 146 Å². The third-order valence-corrected chi connectivity index (χ3v) is 4.65. The number of carbonyl (C=O) groups is 1. The van der Waals surface area contributed by atoms with Crippen molar-refractivity contribution in [2.45, 2.75) is 39.3 Å². The third kappa shape index (κ3) is 3.22. The van der Waals surface area contributed by atoms with Gasteiger partial charge in [-0.25, -0.2) is 9.97 Å². The number of aryl methyl sites for hydroxylation is 2. The van der Waals surface area contributed by atoms with E-state index >= 15 is 0 Å². The van der Waals surface area contributed by atoms with Gasteiger partial charge in [0.2, 0.25) is 0 Å². The molecule has 126 valence electrons. The van der Waals surface area contributed by atoms with Crippen molar-refractivity contribution in [2.24, 2.45) is 0 Å². The molecule has 1 saturated carbocycles. The number of fused-ring (bicyclic) bond motifs is 1. The van der Waals surface area contributed by atoms with Crippen LogP contribution in [0.4, 0.5) is 0 Å². The summed E-state index contributed by atoms with van der Waals surface area (Å²) >= 11 is 0. The smallest absolute Gasteiger partial charge is 0.254 e. The van der Waals surface area contributed by atoms with E-state index < -0.39 is 0 Å². The highest BCUT2D eigenvalue weighted by atomic mass is 16.2. The lowest BCUT2D eigenvalue weighted by atomic mass is 10.1. The lowest BCUT2D eigenvalue weighted by Gasteiger charge is -2.22. The van der Waals surface area contributed by atoms with E-state index in [1.54, 1.807) is 6.20 Å². The van der Waals surface area contributed by atoms with Gasteiger partial charge >= 0.3 is 0 Å². The number of hydrogen-bond acceptors (Lipinski definition) is 4. The van der Waals surface area contributed by atoms with Gasteiger partial charge in [0.1, 0.15) is 0 Å². The first-order chi connectivity index (χ1) is 12.1. The molecular formula is C20H20N4O. The van der Waals surface area contributed by atoms with Gasteiger partial charge in [0.25, 0.3) is 5.91 Å². The lowest BCUT2D eigenvalue weighted by Crippen LogP contribution is -2.32. The summed E-state index contributed by atoms with van der Waals surface area (Å²) in [5.74, 6) is 0.0493. The summed E-state index contributed by atoms with van der Waals surface area (Å²) in [5, 5.41) is 0. The molecule has 1 fully saturated rings. The minimum atomic E-state index is 0.0493. The van der Waals surface area contributed by atoms with Crippen LogP contribution < -0.4 is 0 Å². The summed E-state index contributed by atoms with van der Waals surface area (Å²) in [6.07, 6.45) is 5.70. The molecule has 5 heteroatoms. The second kappa shape index (κ2) is 6.24. The summed E-state index contributed by atoms with van der Waals surface area (Å²) in [6.45, 7) is 4.48. The number of aromatic nitrogens is 3. The van der Waals surface area contributed by atoms with Gasteiger partial charge in [-0.15, -0.1) is 0 Å². The van der Waals surface area contributed by atoms with Crippen molar-refractivity contribution < 1.29 is 4.79 Å². The molecule has 0 atom stereocenters. The maximum absolute atomic E-state index is 13.1. The maximum atomic E-state index is 13.1. The van der Waals surface area contributed by atoms with Crippen LogP contribution in [0, 0.1) is 13.8 Å². The van der Waals surface area contributed by atoms with Crippen molar-refractivity contribution in [1.82, 2.24) is 19.9 Å². The van der Waals surface area contributed by atoms with E-state index in [1.807, 2.05) is 55.3 Å². The van der Waals surface area contributed by atoms with E-state index in [9.17, 15) is 4.79 Å². The van der Waals surface area contributed by atoms with Crippen LogP contribution >= 0.6 is 0 Å². The molecule has 0 bridgehead atoms. The number of hydrogen-bond donors (Lipinski definition) is 0. The van der Waals surface area contributed by atoms with Crippen molar-refractivity contribution in [3.63, 3.8) is 0 Å². The van der Waals surface area contributed by atoms with Crippen molar-refractivity contribution in [3.8, 4) is 0 Å². The Balaban J connectivity index is 1.66. The topological polar surface area (TPSA) is 59.0 Å². The van der Waals surface area contributed by atoms with Crippen LogP contribution in [0.25, 0.3) is 11.0 Å². The molecule has 2 aromatic heterocycles. The van der Waals surface area contributed by atoms with Crippen LogP contribution in [0.3, 0.4) is 0 Å². The molecule has 0 spiro atoms. The fraction of sp³-hybridized carbons (Fsp3) is 0.300. The minimum Gasteiger partial charge on any atom is -0.331 e. The Bertz CT molecular complexity index is 935. The summed E-state index contributed by atoms with van der Waals surface area (Å²) in [7, 11) is 0. The van der Waals surface area contributed by atoms with Gasteiger partial charge in [0.05, 0.1) is 22.4 Å². The lowest BCUT2D eigenvalue weighted by molar-refractivity contribution is 0.0730.